The number of hydrogen-bond donors (Lipinski definition) is 1. The Morgan fingerprint density at radius 1 is 1.00 bits per heavy atom. The van der Waals surface area contributed by atoms with E-state index < -0.39 is 0 Å². The molecule has 0 aliphatic rings. The predicted octanol–water partition coefficient (Wildman–Crippen LogP) is 0.589. The summed E-state index contributed by atoms with van der Waals surface area (Å²) in [7, 11) is 0. The molecule has 9 heavy (non-hydrogen) atoms. The first-order valence-electron chi connectivity index (χ1n) is 2.13. The molecule has 1 aromatic carbocycles. The van der Waals surface area contributed by atoms with Crippen LogP contribution in [0, 0.1) is 0 Å². The molecule has 0 amide bonds. The van der Waals surface area contributed by atoms with Crippen LogP contribution in [0.2, 0.25) is 0 Å². The molecule has 0 saturated carbocycles. The van der Waals surface area contributed by atoms with Crippen LogP contribution in [0.1, 0.15) is 0 Å². The second-order valence-electron chi connectivity index (χ2n) is 1.34. The van der Waals surface area contributed by atoms with Gasteiger partial charge in [-0.3, -0.25) is 0 Å². The first-order chi connectivity index (χ1) is 3.39. The molecule has 0 aromatic heterocycles. The number of phenols is 1. The van der Waals surface area contributed by atoms with Gasteiger partial charge in [0.1, 0.15) is 5.75 Å². The molecular weight excluding hydrogens is 160 g/mol. The zero-order valence-electron chi connectivity index (χ0n) is 4.33. The van der Waals surface area contributed by atoms with E-state index in [1.807, 2.05) is 6.07 Å². The molecule has 0 bridgehead atoms. The van der Waals surface area contributed by atoms with E-state index in [1.165, 1.54) is 0 Å². The molecule has 0 aliphatic heterocycles. The molecule has 0 spiro atoms. The van der Waals surface area contributed by atoms with Gasteiger partial charge < -0.3 is 5.11 Å². The molecule has 0 fully saturated rings. The van der Waals surface area contributed by atoms with E-state index in [0.717, 1.165) is 0 Å². The van der Waals surface area contributed by atoms with Gasteiger partial charge in [0.2, 0.25) is 0 Å². The maximum absolute atomic E-state index is 8.63. The molecular formula is C6H10CaOS. The number of phenolic OH excluding ortho intramolecular Hbond substituents is 1. The fraction of sp³-hybridized carbons (Fsp3) is 0. The molecule has 0 saturated heterocycles. The van der Waals surface area contributed by atoms with Crippen LogP contribution < -0.4 is 0 Å². The summed E-state index contributed by atoms with van der Waals surface area (Å²) in [5.74, 6) is 0.322. The molecule has 1 nitrogen and oxygen atoms in total. The molecule has 0 aliphatic carbocycles. The van der Waals surface area contributed by atoms with Crippen LogP contribution in [-0.4, -0.2) is 42.8 Å². The predicted molar refractivity (Wildman–Crippen MR) is 47.0 cm³/mol. The third-order valence-corrected chi connectivity index (χ3v) is 0.756. The van der Waals surface area contributed by atoms with Crippen molar-refractivity contribution in [2.45, 2.75) is 0 Å². The van der Waals surface area contributed by atoms with Crippen LogP contribution in [-0.2, 0) is 0 Å². The van der Waals surface area contributed by atoms with Crippen LogP contribution in [0.15, 0.2) is 30.3 Å². The van der Waals surface area contributed by atoms with Gasteiger partial charge in [-0.25, -0.2) is 0 Å². The Bertz CT molecular complexity index is 143. The molecule has 0 heterocycles. The molecule has 3 heteroatoms. The van der Waals surface area contributed by atoms with Crippen molar-refractivity contribution in [2.24, 2.45) is 0 Å². The quantitative estimate of drug-likeness (QED) is 0.565. The van der Waals surface area contributed by atoms with Gasteiger partial charge in [0.05, 0.1) is 0 Å². The van der Waals surface area contributed by atoms with Crippen LogP contribution in [0.25, 0.3) is 0 Å². The fourth-order valence-corrected chi connectivity index (χ4v) is 0.428. The zero-order valence-corrected chi connectivity index (χ0v) is 5.33. The summed E-state index contributed by atoms with van der Waals surface area (Å²) in [6.45, 7) is 0. The molecule has 0 radical (unpaired) electrons. The van der Waals surface area contributed by atoms with E-state index >= 15 is 0 Å². The minimum atomic E-state index is 0. The summed E-state index contributed by atoms with van der Waals surface area (Å²) in [5.41, 5.74) is 0. The monoisotopic (exact) mass is 170 g/mol. The van der Waals surface area contributed by atoms with Crippen molar-refractivity contribution >= 4 is 51.2 Å². The standard InChI is InChI=1S/C6H6O.Ca.H2S.2H/c7-6-4-2-1-3-5-6;;;;/h1-5,7H;;1H2;;. The Morgan fingerprint density at radius 2 is 1.44 bits per heavy atom. The van der Waals surface area contributed by atoms with Crippen LogP contribution in [0.3, 0.4) is 0 Å². The van der Waals surface area contributed by atoms with Crippen molar-refractivity contribution in [1.29, 1.82) is 0 Å². The van der Waals surface area contributed by atoms with Crippen molar-refractivity contribution in [2.75, 3.05) is 0 Å². The first kappa shape index (κ1) is 12.3. The van der Waals surface area contributed by atoms with Crippen molar-refractivity contribution < 1.29 is 5.11 Å². The van der Waals surface area contributed by atoms with Crippen LogP contribution >= 0.6 is 13.5 Å². The summed E-state index contributed by atoms with van der Waals surface area (Å²) >= 11 is 0. The maximum atomic E-state index is 8.63. The Kier molecular flexibility index (Phi) is 9.23. The van der Waals surface area contributed by atoms with Gasteiger partial charge in [-0.1, -0.05) is 18.2 Å². The summed E-state index contributed by atoms with van der Waals surface area (Å²) in [5, 5.41) is 8.63. The van der Waals surface area contributed by atoms with Gasteiger partial charge in [-0.05, 0) is 12.1 Å². The summed E-state index contributed by atoms with van der Waals surface area (Å²) < 4.78 is 0. The third kappa shape index (κ3) is 5.09. The molecule has 1 N–H and O–H groups in total. The third-order valence-electron chi connectivity index (χ3n) is 0.756. The topological polar surface area (TPSA) is 20.2 Å². The molecule has 48 valence electrons. The molecule has 0 unspecified atom stereocenters. The Balaban J connectivity index is 0. The summed E-state index contributed by atoms with van der Waals surface area (Å²) in [6.07, 6.45) is 0. The van der Waals surface area contributed by atoms with Crippen molar-refractivity contribution in [1.82, 2.24) is 0 Å². The van der Waals surface area contributed by atoms with E-state index in [2.05, 4.69) is 0 Å². The van der Waals surface area contributed by atoms with Crippen LogP contribution in [0.5, 0.6) is 5.75 Å². The Labute approximate surface area is 91.5 Å². The van der Waals surface area contributed by atoms with E-state index in [-0.39, 0.29) is 51.2 Å². The second-order valence-corrected chi connectivity index (χ2v) is 1.34. The van der Waals surface area contributed by atoms with Gasteiger partial charge in [0, 0.05) is 0 Å². The minimum absolute atomic E-state index is 0. The normalized spacial score (nSPS) is 6.67. The SMILES string of the molecule is Oc1ccccc1.S.[CaH2]. The van der Waals surface area contributed by atoms with E-state index in [0.29, 0.717) is 5.75 Å². The zero-order chi connectivity index (χ0) is 5.11. The molecule has 1 aromatic rings. The van der Waals surface area contributed by atoms with Crippen molar-refractivity contribution in [3.8, 4) is 5.75 Å². The summed E-state index contributed by atoms with van der Waals surface area (Å²) in [4.78, 5) is 0. The Hall–Kier alpha value is 0.630. The number of benzene rings is 1. The number of rotatable bonds is 0. The van der Waals surface area contributed by atoms with E-state index in [1.54, 1.807) is 24.3 Å². The average Bonchev–Trinajstić information content (AvgIpc) is 1.69. The van der Waals surface area contributed by atoms with E-state index in [9.17, 15) is 0 Å². The number of hydrogen-bond acceptors (Lipinski definition) is 1. The first-order valence-corrected chi connectivity index (χ1v) is 2.13. The Morgan fingerprint density at radius 3 is 1.67 bits per heavy atom. The average molecular weight is 170 g/mol. The van der Waals surface area contributed by atoms with Crippen molar-refractivity contribution in [3.63, 3.8) is 0 Å². The number of aromatic hydroxyl groups is 1. The van der Waals surface area contributed by atoms with Gasteiger partial charge in [0.25, 0.3) is 0 Å². The van der Waals surface area contributed by atoms with Gasteiger partial charge in [0.15, 0.2) is 0 Å². The van der Waals surface area contributed by atoms with E-state index in [4.69, 9.17) is 5.11 Å². The fourth-order valence-electron chi connectivity index (χ4n) is 0.428. The van der Waals surface area contributed by atoms with Gasteiger partial charge >= 0.3 is 37.7 Å². The molecule has 1 rings (SSSR count). The molecule has 0 atom stereocenters. The van der Waals surface area contributed by atoms with Gasteiger partial charge in [-0.15, -0.1) is 0 Å². The summed E-state index contributed by atoms with van der Waals surface area (Å²) in [6, 6.07) is 8.71. The second kappa shape index (κ2) is 6.75. The van der Waals surface area contributed by atoms with Gasteiger partial charge in [-0.2, -0.15) is 13.5 Å². The number of para-hydroxylation sites is 1. The van der Waals surface area contributed by atoms with Crippen LogP contribution in [0.4, 0.5) is 0 Å². The van der Waals surface area contributed by atoms with Crippen molar-refractivity contribution in [3.05, 3.63) is 30.3 Å².